The first-order valence-corrected chi connectivity index (χ1v) is 9.33. The van der Waals surface area contributed by atoms with Crippen LogP contribution in [0.5, 0.6) is 0 Å². The zero-order valence-electron chi connectivity index (χ0n) is 16.3. The highest BCUT2D eigenvalue weighted by Crippen LogP contribution is 2.14. The fourth-order valence-electron chi connectivity index (χ4n) is 2.83. The van der Waals surface area contributed by atoms with E-state index in [-0.39, 0.29) is 35.5 Å². The number of pyridine rings is 1. The zero-order valence-corrected chi connectivity index (χ0v) is 16.3. The summed E-state index contributed by atoms with van der Waals surface area (Å²) in [5.41, 5.74) is 7.49. The third kappa shape index (κ3) is 5.31. The molecule has 10 heteroatoms. The molecule has 3 aromatic rings. The van der Waals surface area contributed by atoms with Gasteiger partial charge in [0.1, 0.15) is 0 Å². The molecule has 0 spiro atoms. The molecule has 0 saturated heterocycles. The number of nitrogens with zero attached hydrogens (tertiary/aromatic N) is 2. The van der Waals surface area contributed by atoms with Gasteiger partial charge in [0.25, 0.3) is 11.5 Å². The van der Waals surface area contributed by atoms with Crippen molar-refractivity contribution in [3.63, 3.8) is 0 Å². The molecule has 2 heterocycles. The number of carboxylic acids is 1. The fourth-order valence-corrected chi connectivity index (χ4v) is 2.83. The van der Waals surface area contributed by atoms with Crippen molar-refractivity contribution in [1.29, 1.82) is 0 Å². The number of hydrogen-bond donors (Lipinski definition) is 5. The van der Waals surface area contributed by atoms with E-state index in [4.69, 9.17) is 10.8 Å². The number of anilines is 2. The maximum absolute atomic E-state index is 12.2. The average molecular weight is 410 g/mol. The number of hydrogen-bond acceptors (Lipinski definition) is 7. The van der Waals surface area contributed by atoms with E-state index in [1.807, 2.05) is 12.1 Å². The number of aromatic amines is 1. The molecule has 0 aliphatic heterocycles. The van der Waals surface area contributed by atoms with Crippen molar-refractivity contribution in [2.45, 2.75) is 32.4 Å². The zero-order chi connectivity index (χ0) is 21.7. The largest absolute Gasteiger partial charge is 0.481 e. The Labute approximate surface area is 171 Å². The minimum atomic E-state index is -0.889. The van der Waals surface area contributed by atoms with Crippen LogP contribution in [-0.4, -0.2) is 38.0 Å². The van der Waals surface area contributed by atoms with E-state index in [2.05, 4.69) is 25.6 Å². The van der Waals surface area contributed by atoms with Gasteiger partial charge in [-0.05, 0) is 37.1 Å². The number of nitrogens with two attached hydrogens (primary N) is 1. The lowest BCUT2D eigenvalue weighted by Gasteiger charge is -2.13. The first-order chi connectivity index (χ1) is 14.3. The van der Waals surface area contributed by atoms with E-state index in [9.17, 15) is 14.4 Å². The molecule has 1 atom stereocenters. The number of carboxylic acid groups (broad SMARTS) is 1. The summed E-state index contributed by atoms with van der Waals surface area (Å²) in [7, 11) is 0. The molecule has 0 bridgehead atoms. The predicted octanol–water partition coefficient (Wildman–Crippen LogP) is 1.50. The monoisotopic (exact) mass is 410 g/mol. The van der Waals surface area contributed by atoms with Crippen LogP contribution in [0.1, 0.15) is 35.7 Å². The molecule has 0 radical (unpaired) electrons. The van der Waals surface area contributed by atoms with Crippen LogP contribution in [-0.2, 0) is 11.3 Å². The molecule has 2 aromatic heterocycles. The van der Waals surface area contributed by atoms with Gasteiger partial charge < -0.3 is 21.5 Å². The minimum Gasteiger partial charge on any atom is -0.481 e. The molecular weight excluding hydrogens is 388 g/mol. The summed E-state index contributed by atoms with van der Waals surface area (Å²) in [6.07, 6.45) is 1.94. The predicted molar refractivity (Wildman–Crippen MR) is 112 cm³/mol. The molecule has 0 saturated carbocycles. The van der Waals surface area contributed by atoms with Gasteiger partial charge in [0.15, 0.2) is 5.65 Å². The SMILES string of the molecule is C[C@H](CCC(=O)O)NC(=O)c1ccc(CNc2cnc3nc(N)[nH]c(=O)c3c2)cc1. The standard InChI is InChI=1S/C20H22N6O4/c1-11(2-7-16(27)28)24-18(29)13-5-3-12(4-6-13)9-22-14-8-15-17(23-10-14)25-20(21)26-19(15)30/h3-6,8,10-11,22H,2,7,9H2,1H3,(H,24,29)(H,27,28)(H3,21,23,25,26,30)/t11-/m1/s1. The summed E-state index contributed by atoms with van der Waals surface area (Å²) in [6, 6.07) is 8.44. The summed E-state index contributed by atoms with van der Waals surface area (Å²) in [6.45, 7) is 2.23. The number of aliphatic carboxylic acids is 1. The molecule has 1 aromatic carbocycles. The first-order valence-electron chi connectivity index (χ1n) is 9.33. The molecule has 10 nitrogen and oxygen atoms in total. The van der Waals surface area contributed by atoms with Crippen LogP contribution in [0.15, 0.2) is 41.3 Å². The number of benzene rings is 1. The summed E-state index contributed by atoms with van der Waals surface area (Å²) in [4.78, 5) is 45.4. The Bertz CT molecular complexity index is 1130. The number of H-pyrrole nitrogens is 1. The second-order valence-corrected chi connectivity index (χ2v) is 6.90. The minimum absolute atomic E-state index is 0.00496. The highest BCUT2D eigenvalue weighted by Gasteiger charge is 2.11. The van der Waals surface area contributed by atoms with E-state index >= 15 is 0 Å². The molecule has 6 N–H and O–H groups in total. The summed E-state index contributed by atoms with van der Waals surface area (Å²) >= 11 is 0. The van der Waals surface area contributed by atoms with Gasteiger partial charge in [0.05, 0.1) is 17.3 Å². The molecule has 0 fully saturated rings. The summed E-state index contributed by atoms with van der Waals surface area (Å²) in [5.74, 6) is -1.13. The number of nitrogen functional groups attached to an aromatic ring is 1. The number of amides is 1. The Hall–Kier alpha value is -3.95. The van der Waals surface area contributed by atoms with E-state index in [0.29, 0.717) is 29.6 Å². The van der Waals surface area contributed by atoms with Gasteiger partial charge >= 0.3 is 5.97 Å². The van der Waals surface area contributed by atoms with Gasteiger partial charge in [-0.1, -0.05) is 12.1 Å². The van der Waals surface area contributed by atoms with E-state index < -0.39 is 5.97 Å². The van der Waals surface area contributed by atoms with Gasteiger partial charge in [-0.15, -0.1) is 0 Å². The van der Waals surface area contributed by atoms with E-state index in [0.717, 1.165) is 5.56 Å². The summed E-state index contributed by atoms with van der Waals surface area (Å²) in [5, 5.41) is 15.0. The lowest BCUT2D eigenvalue weighted by Crippen LogP contribution is -2.32. The van der Waals surface area contributed by atoms with Gasteiger partial charge in [0, 0.05) is 24.6 Å². The number of rotatable bonds is 8. The molecule has 1 amide bonds. The second kappa shape index (κ2) is 9.03. The normalized spacial score (nSPS) is 11.8. The fraction of sp³-hybridized carbons (Fsp3) is 0.250. The second-order valence-electron chi connectivity index (χ2n) is 6.90. The quantitative estimate of drug-likeness (QED) is 0.373. The Kier molecular flexibility index (Phi) is 6.26. The molecule has 0 unspecified atom stereocenters. The van der Waals surface area contributed by atoms with Crippen molar-refractivity contribution >= 4 is 34.5 Å². The molecule has 30 heavy (non-hydrogen) atoms. The van der Waals surface area contributed by atoms with Crippen LogP contribution >= 0.6 is 0 Å². The lowest BCUT2D eigenvalue weighted by atomic mass is 10.1. The van der Waals surface area contributed by atoms with Gasteiger partial charge in [-0.25, -0.2) is 4.98 Å². The van der Waals surface area contributed by atoms with Crippen molar-refractivity contribution in [3.05, 3.63) is 58.0 Å². The third-order valence-electron chi connectivity index (χ3n) is 4.46. The van der Waals surface area contributed by atoms with Crippen LogP contribution in [0.4, 0.5) is 11.6 Å². The lowest BCUT2D eigenvalue weighted by molar-refractivity contribution is -0.137. The van der Waals surface area contributed by atoms with Gasteiger partial charge in [-0.3, -0.25) is 19.4 Å². The van der Waals surface area contributed by atoms with Crippen molar-refractivity contribution < 1.29 is 14.7 Å². The molecule has 156 valence electrons. The van der Waals surface area contributed by atoms with Gasteiger partial charge in [-0.2, -0.15) is 4.98 Å². The topological polar surface area (TPSA) is 163 Å². The number of carbonyl (C=O) groups is 2. The average Bonchev–Trinajstić information content (AvgIpc) is 2.71. The summed E-state index contributed by atoms with van der Waals surface area (Å²) < 4.78 is 0. The number of nitrogens with one attached hydrogen (secondary N) is 3. The number of fused-ring (bicyclic) bond motifs is 1. The smallest absolute Gasteiger partial charge is 0.303 e. The highest BCUT2D eigenvalue weighted by atomic mass is 16.4. The first kappa shape index (κ1) is 20.8. The Morgan fingerprint density at radius 2 is 2.00 bits per heavy atom. The Morgan fingerprint density at radius 1 is 1.27 bits per heavy atom. The Balaban J connectivity index is 1.59. The molecule has 0 aliphatic carbocycles. The van der Waals surface area contributed by atoms with Crippen molar-refractivity contribution in [2.75, 3.05) is 11.1 Å². The van der Waals surface area contributed by atoms with Crippen molar-refractivity contribution in [2.24, 2.45) is 0 Å². The van der Waals surface area contributed by atoms with Gasteiger partial charge in [0.2, 0.25) is 5.95 Å². The van der Waals surface area contributed by atoms with Crippen molar-refractivity contribution in [1.82, 2.24) is 20.3 Å². The van der Waals surface area contributed by atoms with Crippen LogP contribution < -0.4 is 21.9 Å². The molecule has 3 rings (SSSR count). The van der Waals surface area contributed by atoms with Crippen LogP contribution in [0, 0.1) is 0 Å². The number of carbonyl (C=O) groups excluding carboxylic acids is 1. The van der Waals surface area contributed by atoms with Crippen LogP contribution in [0.25, 0.3) is 11.0 Å². The maximum Gasteiger partial charge on any atom is 0.303 e. The number of aromatic nitrogens is 3. The van der Waals surface area contributed by atoms with Crippen LogP contribution in [0.3, 0.4) is 0 Å². The van der Waals surface area contributed by atoms with Crippen molar-refractivity contribution in [3.8, 4) is 0 Å². The van der Waals surface area contributed by atoms with E-state index in [1.54, 1.807) is 31.3 Å². The highest BCUT2D eigenvalue weighted by molar-refractivity contribution is 5.94. The van der Waals surface area contributed by atoms with Crippen LogP contribution in [0.2, 0.25) is 0 Å². The molecular formula is C20H22N6O4. The van der Waals surface area contributed by atoms with E-state index in [1.165, 1.54) is 0 Å². The molecule has 0 aliphatic rings. The Morgan fingerprint density at radius 3 is 2.70 bits per heavy atom. The third-order valence-corrected chi connectivity index (χ3v) is 4.46. The maximum atomic E-state index is 12.2.